The van der Waals surface area contributed by atoms with Crippen LogP contribution >= 0.6 is 0 Å². The molecule has 106 valence electrons. The third kappa shape index (κ3) is 2.23. The number of carbonyl (C=O) groups excluding carboxylic acids is 1. The third-order valence-corrected chi connectivity index (χ3v) is 3.42. The first-order valence-electron chi connectivity index (χ1n) is 6.47. The van der Waals surface area contributed by atoms with Crippen LogP contribution in [0, 0.1) is 6.92 Å². The van der Waals surface area contributed by atoms with Crippen LogP contribution in [0.2, 0.25) is 0 Å². The summed E-state index contributed by atoms with van der Waals surface area (Å²) >= 11 is 0. The first-order chi connectivity index (χ1) is 9.95. The Morgan fingerprint density at radius 3 is 2.62 bits per heavy atom. The number of benzene rings is 2. The van der Waals surface area contributed by atoms with Gasteiger partial charge in [-0.2, -0.15) is 0 Å². The number of ketones is 1. The van der Waals surface area contributed by atoms with E-state index in [0.29, 0.717) is 27.9 Å². The summed E-state index contributed by atoms with van der Waals surface area (Å²) in [6.45, 7) is 1.88. The van der Waals surface area contributed by atoms with Gasteiger partial charge in [-0.25, -0.2) is 4.79 Å². The highest BCUT2D eigenvalue weighted by molar-refractivity contribution is 6.10. The Balaban J connectivity index is 2.11. The second kappa shape index (κ2) is 4.63. The van der Waals surface area contributed by atoms with E-state index in [0.717, 1.165) is 5.56 Å². The van der Waals surface area contributed by atoms with Gasteiger partial charge in [0.2, 0.25) is 0 Å². The molecule has 1 heterocycles. The molecule has 3 rings (SSSR count). The minimum absolute atomic E-state index is 0.154. The van der Waals surface area contributed by atoms with Crippen molar-refractivity contribution < 1.29 is 9.21 Å². The number of rotatable bonds is 2. The lowest BCUT2D eigenvalue weighted by Crippen LogP contribution is -2.08. The molecule has 21 heavy (non-hydrogen) atoms. The minimum Gasteiger partial charge on any atom is -0.408 e. The van der Waals surface area contributed by atoms with E-state index in [1.165, 1.54) is 4.57 Å². The zero-order chi connectivity index (χ0) is 15.1. The Morgan fingerprint density at radius 2 is 1.90 bits per heavy atom. The monoisotopic (exact) mass is 282 g/mol. The summed E-state index contributed by atoms with van der Waals surface area (Å²) in [5.74, 6) is -0.604. The first-order valence-corrected chi connectivity index (χ1v) is 6.47. The van der Waals surface area contributed by atoms with Gasteiger partial charge < -0.3 is 10.2 Å². The third-order valence-electron chi connectivity index (χ3n) is 3.42. The number of oxazole rings is 1. The summed E-state index contributed by atoms with van der Waals surface area (Å²) in [5.41, 5.74) is 9.27. The zero-order valence-electron chi connectivity index (χ0n) is 11.7. The Labute approximate surface area is 120 Å². The molecule has 5 heteroatoms. The normalized spacial score (nSPS) is 11.0. The lowest BCUT2D eigenvalue weighted by atomic mass is 10.0. The average Bonchev–Trinajstić information content (AvgIpc) is 2.71. The first kappa shape index (κ1) is 13.2. The van der Waals surface area contributed by atoms with Crippen LogP contribution in [0.1, 0.15) is 21.5 Å². The predicted molar refractivity (Wildman–Crippen MR) is 80.5 cm³/mol. The van der Waals surface area contributed by atoms with Crippen LogP contribution < -0.4 is 11.5 Å². The summed E-state index contributed by atoms with van der Waals surface area (Å²) in [6.07, 6.45) is 0. The van der Waals surface area contributed by atoms with Gasteiger partial charge >= 0.3 is 5.76 Å². The average molecular weight is 282 g/mol. The van der Waals surface area contributed by atoms with Crippen molar-refractivity contribution in [2.75, 3.05) is 5.73 Å². The largest absolute Gasteiger partial charge is 0.419 e. The number of hydrogen-bond acceptors (Lipinski definition) is 4. The van der Waals surface area contributed by atoms with E-state index < -0.39 is 5.76 Å². The molecule has 0 aliphatic heterocycles. The van der Waals surface area contributed by atoms with E-state index in [9.17, 15) is 9.59 Å². The van der Waals surface area contributed by atoms with E-state index in [1.807, 2.05) is 6.92 Å². The van der Waals surface area contributed by atoms with Crippen LogP contribution in [0.25, 0.3) is 11.1 Å². The maximum absolute atomic E-state index is 12.5. The number of hydrogen-bond donors (Lipinski definition) is 1. The molecule has 0 fully saturated rings. The smallest absolute Gasteiger partial charge is 0.408 e. The zero-order valence-corrected chi connectivity index (χ0v) is 11.7. The van der Waals surface area contributed by atoms with Gasteiger partial charge in [0, 0.05) is 23.9 Å². The van der Waals surface area contributed by atoms with Crippen LogP contribution in [0.5, 0.6) is 0 Å². The number of nitrogens with zero attached hydrogens (tertiary/aromatic N) is 1. The molecule has 0 atom stereocenters. The molecule has 2 aromatic carbocycles. The Morgan fingerprint density at radius 1 is 1.14 bits per heavy atom. The molecular weight excluding hydrogens is 268 g/mol. The van der Waals surface area contributed by atoms with Crippen molar-refractivity contribution in [1.29, 1.82) is 0 Å². The maximum atomic E-state index is 12.5. The summed E-state index contributed by atoms with van der Waals surface area (Å²) < 4.78 is 6.50. The number of carbonyl (C=O) groups is 1. The van der Waals surface area contributed by atoms with E-state index in [2.05, 4.69) is 0 Å². The minimum atomic E-state index is -0.450. The predicted octanol–water partition coefficient (Wildman–Crippen LogP) is 2.25. The Bertz CT molecular complexity index is 899. The van der Waals surface area contributed by atoms with Crippen molar-refractivity contribution in [1.82, 2.24) is 4.57 Å². The standard InChI is InChI=1S/C16H14N2O3/c1-9-5-11(7-12(17)6-9)15(19)10-3-4-13-14(8-10)21-16(20)18(13)2/h3-8H,17H2,1-2H3. The number of nitrogen functional groups attached to an aromatic ring is 1. The Hall–Kier alpha value is -2.82. The van der Waals surface area contributed by atoms with Crippen LogP contribution in [-0.2, 0) is 7.05 Å². The van der Waals surface area contributed by atoms with E-state index in [1.54, 1.807) is 43.4 Å². The SMILES string of the molecule is Cc1cc(N)cc(C(=O)c2ccc3c(c2)oc(=O)n3C)c1. The number of nitrogens with two attached hydrogens (primary N) is 1. The van der Waals surface area contributed by atoms with Crippen molar-refractivity contribution in [2.24, 2.45) is 7.05 Å². The van der Waals surface area contributed by atoms with Gasteiger partial charge in [-0.05, 0) is 48.9 Å². The molecule has 0 spiro atoms. The van der Waals surface area contributed by atoms with Gasteiger partial charge in [0.05, 0.1) is 5.52 Å². The van der Waals surface area contributed by atoms with Gasteiger partial charge in [-0.1, -0.05) is 0 Å². The van der Waals surface area contributed by atoms with Gasteiger partial charge in [-0.15, -0.1) is 0 Å². The lowest BCUT2D eigenvalue weighted by Gasteiger charge is -2.04. The van der Waals surface area contributed by atoms with E-state index in [-0.39, 0.29) is 5.78 Å². The van der Waals surface area contributed by atoms with Gasteiger partial charge in [0.15, 0.2) is 11.4 Å². The quantitative estimate of drug-likeness (QED) is 0.577. The number of aromatic nitrogens is 1. The molecule has 0 bridgehead atoms. The molecular formula is C16H14N2O3. The molecule has 0 amide bonds. The lowest BCUT2D eigenvalue weighted by molar-refractivity contribution is 0.103. The highest BCUT2D eigenvalue weighted by Gasteiger charge is 2.13. The van der Waals surface area contributed by atoms with Crippen molar-refractivity contribution in [3.05, 3.63) is 63.6 Å². The topological polar surface area (TPSA) is 78.2 Å². The molecule has 5 nitrogen and oxygen atoms in total. The Kier molecular flexibility index (Phi) is 2.90. The molecule has 1 aromatic heterocycles. The fraction of sp³-hybridized carbons (Fsp3) is 0.125. The summed E-state index contributed by atoms with van der Waals surface area (Å²) in [5, 5.41) is 0. The second-order valence-corrected chi connectivity index (χ2v) is 5.07. The maximum Gasteiger partial charge on any atom is 0.419 e. The van der Waals surface area contributed by atoms with Crippen LogP contribution in [0.3, 0.4) is 0 Å². The number of aryl methyl sites for hydroxylation is 2. The molecule has 0 aliphatic carbocycles. The van der Waals surface area contributed by atoms with Crippen LogP contribution in [0.15, 0.2) is 45.6 Å². The van der Waals surface area contributed by atoms with Crippen LogP contribution in [-0.4, -0.2) is 10.4 Å². The number of fused-ring (bicyclic) bond motifs is 1. The van der Waals surface area contributed by atoms with Gasteiger partial charge in [0.25, 0.3) is 0 Å². The second-order valence-electron chi connectivity index (χ2n) is 5.07. The molecule has 2 N–H and O–H groups in total. The highest BCUT2D eigenvalue weighted by Crippen LogP contribution is 2.19. The molecule has 0 unspecified atom stereocenters. The van der Waals surface area contributed by atoms with Crippen molar-refractivity contribution >= 4 is 22.6 Å². The van der Waals surface area contributed by atoms with E-state index in [4.69, 9.17) is 10.2 Å². The molecule has 0 saturated carbocycles. The highest BCUT2D eigenvalue weighted by atomic mass is 16.4. The van der Waals surface area contributed by atoms with Gasteiger partial charge in [0.1, 0.15) is 0 Å². The summed E-state index contributed by atoms with van der Waals surface area (Å²) in [6, 6.07) is 10.2. The number of anilines is 1. The fourth-order valence-electron chi connectivity index (χ4n) is 2.39. The molecule has 3 aromatic rings. The van der Waals surface area contributed by atoms with Crippen LogP contribution in [0.4, 0.5) is 5.69 Å². The van der Waals surface area contributed by atoms with E-state index >= 15 is 0 Å². The van der Waals surface area contributed by atoms with Crippen molar-refractivity contribution in [3.63, 3.8) is 0 Å². The molecule has 0 radical (unpaired) electrons. The summed E-state index contributed by atoms with van der Waals surface area (Å²) in [4.78, 5) is 24.0. The molecule has 0 aliphatic rings. The van der Waals surface area contributed by atoms with Crippen molar-refractivity contribution in [3.8, 4) is 0 Å². The molecule has 0 saturated heterocycles. The van der Waals surface area contributed by atoms with Crippen molar-refractivity contribution in [2.45, 2.75) is 6.92 Å². The summed E-state index contributed by atoms with van der Waals surface area (Å²) in [7, 11) is 1.62. The fourth-order valence-corrected chi connectivity index (χ4v) is 2.39. The van der Waals surface area contributed by atoms with Gasteiger partial charge in [-0.3, -0.25) is 9.36 Å².